The lowest BCUT2D eigenvalue weighted by atomic mass is 10.1. The molecule has 0 saturated carbocycles. The first-order chi connectivity index (χ1) is 10.1. The Morgan fingerprint density at radius 3 is 2.62 bits per heavy atom. The lowest BCUT2D eigenvalue weighted by Crippen LogP contribution is -1.88. The second kappa shape index (κ2) is 5.62. The van der Waals surface area contributed by atoms with Gasteiger partial charge in [-0.2, -0.15) is 0 Å². The van der Waals surface area contributed by atoms with Crippen LogP contribution in [0.2, 0.25) is 5.02 Å². The van der Waals surface area contributed by atoms with Crippen LogP contribution < -0.4 is 0 Å². The number of aromatic nitrogens is 1. The molecule has 0 saturated heterocycles. The van der Waals surface area contributed by atoms with Crippen molar-refractivity contribution in [1.29, 1.82) is 0 Å². The number of nitrogens with zero attached hydrogens (tertiary/aromatic N) is 1. The summed E-state index contributed by atoms with van der Waals surface area (Å²) in [6.07, 6.45) is 0.597. The molecule has 1 N–H and O–H groups in total. The van der Waals surface area contributed by atoms with E-state index < -0.39 is 0 Å². The van der Waals surface area contributed by atoms with Crippen molar-refractivity contribution in [3.8, 4) is 17.0 Å². The van der Waals surface area contributed by atoms with E-state index in [4.69, 9.17) is 16.0 Å². The molecule has 0 atom stereocenters. The van der Waals surface area contributed by atoms with Gasteiger partial charge in [-0.05, 0) is 48.9 Å². The first kappa shape index (κ1) is 13.7. The van der Waals surface area contributed by atoms with Crippen LogP contribution in [0.5, 0.6) is 5.75 Å². The molecule has 0 aliphatic carbocycles. The summed E-state index contributed by atoms with van der Waals surface area (Å²) in [4.78, 5) is 4.54. The van der Waals surface area contributed by atoms with E-state index in [2.05, 4.69) is 4.98 Å². The standard InChI is InChI=1S/C17H14ClNO2/c1-11-17(13-5-7-15(20)8-6-13)19-16(21-11)10-12-3-2-4-14(18)9-12/h2-9,20H,10H2,1H3. The summed E-state index contributed by atoms with van der Waals surface area (Å²) in [6.45, 7) is 1.89. The van der Waals surface area contributed by atoms with Crippen LogP contribution in [0, 0.1) is 6.92 Å². The van der Waals surface area contributed by atoms with Crippen LogP contribution in [0.4, 0.5) is 0 Å². The molecule has 3 aromatic rings. The molecule has 1 aromatic heterocycles. The van der Waals surface area contributed by atoms with Crippen molar-refractivity contribution in [2.75, 3.05) is 0 Å². The van der Waals surface area contributed by atoms with Gasteiger partial charge in [0, 0.05) is 17.0 Å². The van der Waals surface area contributed by atoms with Crippen molar-refractivity contribution in [1.82, 2.24) is 4.98 Å². The summed E-state index contributed by atoms with van der Waals surface area (Å²) < 4.78 is 5.73. The summed E-state index contributed by atoms with van der Waals surface area (Å²) in [7, 11) is 0. The summed E-state index contributed by atoms with van der Waals surface area (Å²) in [5.74, 6) is 1.65. The van der Waals surface area contributed by atoms with E-state index in [-0.39, 0.29) is 5.75 Å². The highest BCUT2D eigenvalue weighted by Crippen LogP contribution is 2.26. The first-order valence-corrected chi connectivity index (χ1v) is 7.00. The van der Waals surface area contributed by atoms with E-state index in [9.17, 15) is 5.11 Å². The summed E-state index contributed by atoms with van der Waals surface area (Å²) in [5, 5.41) is 10.0. The van der Waals surface area contributed by atoms with Crippen molar-refractivity contribution >= 4 is 11.6 Å². The Kier molecular flexibility index (Phi) is 3.67. The third-order valence-electron chi connectivity index (χ3n) is 3.23. The molecule has 2 aromatic carbocycles. The van der Waals surface area contributed by atoms with Crippen molar-refractivity contribution in [3.63, 3.8) is 0 Å². The molecule has 0 fully saturated rings. The van der Waals surface area contributed by atoms with Crippen LogP contribution in [-0.2, 0) is 6.42 Å². The van der Waals surface area contributed by atoms with Crippen LogP contribution in [0.3, 0.4) is 0 Å². The molecule has 4 heteroatoms. The van der Waals surface area contributed by atoms with Crippen LogP contribution in [0.25, 0.3) is 11.3 Å². The summed E-state index contributed by atoms with van der Waals surface area (Å²) in [5.41, 5.74) is 2.78. The summed E-state index contributed by atoms with van der Waals surface area (Å²) >= 11 is 5.98. The van der Waals surface area contributed by atoms with Crippen LogP contribution in [0.1, 0.15) is 17.2 Å². The number of hydrogen-bond donors (Lipinski definition) is 1. The van der Waals surface area contributed by atoms with Gasteiger partial charge < -0.3 is 9.52 Å². The Balaban J connectivity index is 1.89. The molecule has 3 nitrogen and oxygen atoms in total. The maximum absolute atomic E-state index is 9.34. The highest BCUT2D eigenvalue weighted by molar-refractivity contribution is 6.30. The molecule has 0 radical (unpaired) electrons. The second-order valence-electron chi connectivity index (χ2n) is 4.87. The number of phenols is 1. The molecule has 21 heavy (non-hydrogen) atoms. The maximum atomic E-state index is 9.34. The van der Waals surface area contributed by atoms with Gasteiger partial charge in [0.2, 0.25) is 0 Å². The van der Waals surface area contributed by atoms with Crippen molar-refractivity contribution in [2.45, 2.75) is 13.3 Å². The number of halogens is 1. The number of phenolic OH excluding ortho intramolecular Hbond substituents is 1. The van der Waals surface area contributed by atoms with Gasteiger partial charge in [0.05, 0.1) is 0 Å². The lowest BCUT2D eigenvalue weighted by molar-refractivity contribution is 0.475. The van der Waals surface area contributed by atoms with Crippen LogP contribution in [-0.4, -0.2) is 10.1 Å². The number of aryl methyl sites for hydroxylation is 1. The maximum Gasteiger partial charge on any atom is 0.199 e. The summed E-state index contributed by atoms with van der Waals surface area (Å²) in [6, 6.07) is 14.6. The second-order valence-corrected chi connectivity index (χ2v) is 5.30. The Morgan fingerprint density at radius 1 is 1.14 bits per heavy atom. The van der Waals surface area contributed by atoms with E-state index in [0.717, 1.165) is 22.6 Å². The minimum absolute atomic E-state index is 0.235. The third kappa shape index (κ3) is 3.09. The van der Waals surface area contributed by atoms with Crippen molar-refractivity contribution in [3.05, 3.63) is 70.8 Å². The van der Waals surface area contributed by atoms with Gasteiger partial charge >= 0.3 is 0 Å². The largest absolute Gasteiger partial charge is 0.508 e. The normalized spacial score (nSPS) is 10.8. The third-order valence-corrected chi connectivity index (χ3v) is 3.46. The minimum Gasteiger partial charge on any atom is -0.508 e. The van der Waals surface area contributed by atoms with E-state index in [1.54, 1.807) is 12.1 Å². The fourth-order valence-corrected chi connectivity index (χ4v) is 2.45. The minimum atomic E-state index is 0.235. The van der Waals surface area contributed by atoms with Gasteiger partial charge in [-0.15, -0.1) is 0 Å². The molecular weight excluding hydrogens is 286 g/mol. The fourth-order valence-electron chi connectivity index (χ4n) is 2.24. The quantitative estimate of drug-likeness (QED) is 0.769. The van der Waals surface area contributed by atoms with Gasteiger partial charge in [0.25, 0.3) is 0 Å². The molecule has 106 valence electrons. The molecule has 0 spiro atoms. The highest BCUT2D eigenvalue weighted by atomic mass is 35.5. The number of aromatic hydroxyl groups is 1. The molecule has 0 aliphatic heterocycles. The number of hydrogen-bond acceptors (Lipinski definition) is 3. The lowest BCUT2D eigenvalue weighted by Gasteiger charge is -1.98. The molecule has 0 aliphatic rings. The topological polar surface area (TPSA) is 46.3 Å². The zero-order chi connectivity index (χ0) is 14.8. The predicted octanol–water partition coefficient (Wildman–Crippen LogP) is 4.60. The number of oxazole rings is 1. The van der Waals surface area contributed by atoms with E-state index >= 15 is 0 Å². The van der Waals surface area contributed by atoms with Crippen LogP contribution >= 0.6 is 11.6 Å². The van der Waals surface area contributed by atoms with Gasteiger partial charge in [0.1, 0.15) is 17.2 Å². The fraction of sp³-hybridized carbons (Fsp3) is 0.118. The van der Waals surface area contributed by atoms with Gasteiger partial charge in [-0.25, -0.2) is 4.98 Å². The molecule has 1 heterocycles. The zero-order valence-corrected chi connectivity index (χ0v) is 12.3. The molecule has 0 unspecified atom stereocenters. The monoisotopic (exact) mass is 299 g/mol. The zero-order valence-electron chi connectivity index (χ0n) is 11.5. The number of rotatable bonds is 3. The van der Waals surface area contributed by atoms with E-state index in [1.807, 2.05) is 43.3 Å². The molecular formula is C17H14ClNO2. The van der Waals surface area contributed by atoms with Crippen molar-refractivity contribution in [2.24, 2.45) is 0 Å². The average molecular weight is 300 g/mol. The van der Waals surface area contributed by atoms with Crippen LogP contribution in [0.15, 0.2) is 52.9 Å². The SMILES string of the molecule is Cc1oc(Cc2cccc(Cl)c2)nc1-c1ccc(O)cc1. The predicted molar refractivity (Wildman–Crippen MR) is 82.6 cm³/mol. The molecule has 3 rings (SSSR count). The Morgan fingerprint density at radius 2 is 1.90 bits per heavy atom. The van der Waals surface area contributed by atoms with Crippen molar-refractivity contribution < 1.29 is 9.52 Å². The van der Waals surface area contributed by atoms with Gasteiger partial charge in [0.15, 0.2) is 5.89 Å². The van der Waals surface area contributed by atoms with E-state index in [1.165, 1.54) is 0 Å². The molecule has 0 amide bonds. The average Bonchev–Trinajstić information content (AvgIpc) is 2.80. The van der Waals surface area contributed by atoms with E-state index in [0.29, 0.717) is 17.3 Å². The Labute approximate surface area is 127 Å². The van der Waals surface area contributed by atoms with Gasteiger partial charge in [-0.1, -0.05) is 23.7 Å². The Bertz CT molecular complexity index is 763. The smallest absolute Gasteiger partial charge is 0.199 e. The first-order valence-electron chi connectivity index (χ1n) is 6.62. The highest BCUT2D eigenvalue weighted by Gasteiger charge is 2.12. The molecule has 0 bridgehead atoms. The Hall–Kier alpha value is -2.26. The number of benzene rings is 2. The van der Waals surface area contributed by atoms with Gasteiger partial charge in [-0.3, -0.25) is 0 Å².